The maximum absolute atomic E-state index is 10.6. The summed E-state index contributed by atoms with van der Waals surface area (Å²) < 4.78 is 0. The van der Waals surface area contributed by atoms with Gasteiger partial charge in [0.25, 0.3) is 0 Å². The van der Waals surface area contributed by atoms with Gasteiger partial charge in [-0.05, 0) is 38.2 Å². The van der Waals surface area contributed by atoms with Gasteiger partial charge in [-0.1, -0.05) is 0 Å². The minimum Gasteiger partial charge on any atom is -0.398 e. The second-order valence-corrected chi connectivity index (χ2v) is 3.81. The zero-order valence-electron chi connectivity index (χ0n) is 9.86. The summed E-state index contributed by atoms with van der Waals surface area (Å²) >= 11 is 0. The van der Waals surface area contributed by atoms with E-state index in [1.807, 2.05) is 26.2 Å². The number of nitrogen functional groups attached to an aromatic ring is 1. The van der Waals surface area contributed by atoms with E-state index in [1.54, 1.807) is 6.07 Å². The van der Waals surface area contributed by atoms with E-state index < -0.39 is 0 Å². The van der Waals surface area contributed by atoms with Crippen molar-refractivity contribution >= 4 is 17.7 Å². The van der Waals surface area contributed by atoms with Crippen LogP contribution in [0.1, 0.15) is 16.8 Å². The molecule has 16 heavy (non-hydrogen) atoms. The van der Waals surface area contributed by atoms with Crippen LogP contribution >= 0.6 is 0 Å². The van der Waals surface area contributed by atoms with Crippen molar-refractivity contribution in [1.82, 2.24) is 5.32 Å². The van der Waals surface area contributed by atoms with Crippen molar-refractivity contribution in [3.8, 4) is 0 Å². The third-order valence-corrected chi connectivity index (χ3v) is 2.56. The fourth-order valence-corrected chi connectivity index (χ4v) is 1.53. The first-order valence-corrected chi connectivity index (χ1v) is 5.39. The summed E-state index contributed by atoms with van der Waals surface area (Å²) in [4.78, 5) is 12.7. The fourth-order valence-electron chi connectivity index (χ4n) is 1.53. The van der Waals surface area contributed by atoms with E-state index in [0.29, 0.717) is 11.3 Å². The molecule has 1 aromatic carbocycles. The molecule has 4 heteroatoms. The molecule has 0 aliphatic carbocycles. The molecule has 0 radical (unpaired) electrons. The number of anilines is 2. The lowest BCUT2D eigenvalue weighted by atomic mass is 10.1. The second-order valence-electron chi connectivity index (χ2n) is 3.81. The van der Waals surface area contributed by atoms with Crippen molar-refractivity contribution in [3.63, 3.8) is 0 Å². The third-order valence-electron chi connectivity index (χ3n) is 2.56. The number of benzene rings is 1. The predicted molar refractivity (Wildman–Crippen MR) is 68.1 cm³/mol. The highest BCUT2D eigenvalue weighted by atomic mass is 16.1. The molecule has 0 heterocycles. The highest BCUT2D eigenvalue weighted by Gasteiger charge is 2.03. The first-order chi connectivity index (χ1) is 7.69. The van der Waals surface area contributed by atoms with Crippen molar-refractivity contribution in [3.05, 3.63) is 23.8 Å². The van der Waals surface area contributed by atoms with Crippen molar-refractivity contribution in [1.29, 1.82) is 0 Å². The Morgan fingerprint density at radius 2 is 2.25 bits per heavy atom. The summed E-state index contributed by atoms with van der Waals surface area (Å²) in [6, 6.07) is 5.51. The van der Waals surface area contributed by atoms with Crippen LogP contribution in [0.15, 0.2) is 18.2 Å². The van der Waals surface area contributed by atoms with E-state index in [1.165, 1.54) is 0 Å². The molecule has 0 aliphatic rings. The molecule has 0 unspecified atom stereocenters. The molecule has 1 aromatic rings. The maximum atomic E-state index is 10.6. The number of hydrogen-bond acceptors (Lipinski definition) is 4. The van der Waals surface area contributed by atoms with Crippen LogP contribution < -0.4 is 16.0 Å². The van der Waals surface area contributed by atoms with Crippen molar-refractivity contribution in [2.75, 3.05) is 37.8 Å². The molecule has 0 aromatic heterocycles. The molecule has 0 amide bonds. The number of nitrogens with zero attached hydrogens (tertiary/aromatic N) is 1. The first kappa shape index (κ1) is 12.5. The zero-order chi connectivity index (χ0) is 12.0. The molecule has 1 rings (SSSR count). The summed E-state index contributed by atoms with van der Waals surface area (Å²) in [5.41, 5.74) is 7.88. The molecule has 0 fully saturated rings. The van der Waals surface area contributed by atoms with Gasteiger partial charge in [-0.15, -0.1) is 0 Å². The van der Waals surface area contributed by atoms with Gasteiger partial charge in [0.1, 0.15) is 0 Å². The Hall–Kier alpha value is -1.55. The van der Waals surface area contributed by atoms with Gasteiger partial charge in [0, 0.05) is 30.5 Å². The van der Waals surface area contributed by atoms with Crippen LogP contribution in [-0.2, 0) is 0 Å². The molecule has 0 saturated carbocycles. The van der Waals surface area contributed by atoms with Gasteiger partial charge in [-0.2, -0.15) is 0 Å². The lowest BCUT2D eigenvalue weighted by Gasteiger charge is -2.19. The van der Waals surface area contributed by atoms with E-state index in [9.17, 15) is 4.79 Å². The minimum absolute atomic E-state index is 0.535. The van der Waals surface area contributed by atoms with E-state index in [-0.39, 0.29) is 0 Å². The Morgan fingerprint density at radius 1 is 1.50 bits per heavy atom. The summed E-state index contributed by atoms with van der Waals surface area (Å²) in [6.07, 6.45) is 1.85. The molecule has 0 saturated heterocycles. The standard InChI is InChI=1S/C12H19N3O/c1-14-6-3-7-15(2)11-5-4-10(9-16)12(13)8-11/h4-5,8-9,14H,3,6-7,13H2,1-2H3. The monoisotopic (exact) mass is 221 g/mol. The van der Waals surface area contributed by atoms with Gasteiger partial charge < -0.3 is 16.0 Å². The van der Waals surface area contributed by atoms with E-state index >= 15 is 0 Å². The number of carbonyl (C=O) groups excluding carboxylic acids is 1. The van der Waals surface area contributed by atoms with E-state index in [2.05, 4.69) is 10.2 Å². The summed E-state index contributed by atoms with van der Waals surface area (Å²) in [7, 11) is 3.96. The van der Waals surface area contributed by atoms with Gasteiger partial charge in [0.2, 0.25) is 0 Å². The normalized spacial score (nSPS) is 10.1. The average Bonchev–Trinajstić information content (AvgIpc) is 2.29. The molecule has 0 spiro atoms. The third kappa shape index (κ3) is 3.24. The lowest BCUT2D eigenvalue weighted by molar-refractivity contribution is 0.112. The number of hydrogen-bond donors (Lipinski definition) is 2. The minimum atomic E-state index is 0.535. The fraction of sp³-hybridized carbons (Fsp3) is 0.417. The number of nitrogens with one attached hydrogen (secondary N) is 1. The van der Waals surface area contributed by atoms with Crippen molar-refractivity contribution in [2.45, 2.75) is 6.42 Å². The van der Waals surface area contributed by atoms with Crippen LogP contribution in [0.3, 0.4) is 0 Å². The molecule has 0 atom stereocenters. The first-order valence-electron chi connectivity index (χ1n) is 5.39. The number of aldehydes is 1. The van der Waals surface area contributed by atoms with Gasteiger partial charge >= 0.3 is 0 Å². The Balaban J connectivity index is 2.65. The Kier molecular flexibility index (Phi) is 4.79. The number of carbonyl (C=O) groups is 1. The molecular formula is C12H19N3O. The predicted octanol–water partition coefficient (Wildman–Crippen LogP) is 1.13. The van der Waals surface area contributed by atoms with Crippen LogP contribution in [0, 0.1) is 0 Å². The van der Waals surface area contributed by atoms with Gasteiger partial charge in [0.05, 0.1) is 0 Å². The average molecular weight is 221 g/mol. The van der Waals surface area contributed by atoms with Crippen molar-refractivity contribution < 1.29 is 4.79 Å². The SMILES string of the molecule is CNCCCN(C)c1ccc(C=O)c(N)c1. The topological polar surface area (TPSA) is 58.4 Å². The van der Waals surface area contributed by atoms with Crippen LogP contribution in [0.25, 0.3) is 0 Å². The quantitative estimate of drug-likeness (QED) is 0.429. The number of rotatable bonds is 6. The Morgan fingerprint density at radius 3 is 2.81 bits per heavy atom. The van der Waals surface area contributed by atoms with Crippen molar-refractivity contribution in [2.24, 2.45) is 0 Å². The van der Waals surface area contributed by atoms with E-state index in [0.717, 1.165) is 31.5 Å². The molecule has 0 bridgehead atoms. The molecule has 4 nitrogen and oxygen atoms in total. The maximum Gasteiger partial charge on any atom is 0.152 e. The van der Waals surface area contributed by atoms with Crippen LogP contribution in [0.4, 0.5) is 11.4 Å². The van der Waals surface area contributed by atoms with Crippen LogP contribution in [0.5, 0.6) is 0 Å². The largest absolute Gasteiger partial charge is 0.398 e. The van der Waals surface area contributed by atoms with E-state index in [4.69, 9.17) is 5.73 Å². The smallest absolute Gasteiger partial charge is 0.152 e. The highest BCUT2D eigenvalue weighted by molar-refractivity contribution is 5.84. The van der Waals surface area contributed by atoms with Crippen LogP contribution in [-0.4, -0.2) is 33.5 Å². The summed E-state index contributed by atoms with van der Waals surface area (Å²) in [5.74, 6) is 0. The Bertz CT molecular complexity index is 352. The molecule has 88 valence electrons. The summed E-state index contributed by atoms with van der Waals surface area (Å²) in [5, 5.41) is 3.11. The molecule has 3 N–H and O–H groups in total. The van der Waals surface area contributed by atoms with Gasteiger partial charge in [-0.3, -0.25) is 4.79 Å². The summed E-state index contributed by atoms with van der Waals surface area (Å²) in [6.45, 7) is 1.95. The molecular weight excluding hydrogens is 202 g/mol. The lowest BCUT2D eigenvalue weighted by Crippen LogP contribution is -2.22. The number of nitrogens with two attached hydrogens (primary N) is 1. The zero-order valence-corrected chi connectivity index (χ0v) is 9.86. The van der Waals surface area contributed by atoms with Crippen LogP contribution in [0.2, 0.25) is 0 Å². The Labute approximate surface area is 96.4 Å². The second kappa shape index (κ2) is 6.12. The van der Waals surface area contributed by atoms with Gasteiger partial charge in [-0.25, -0.2) is 0 Å². The van der Waals surface area contributed by atoms with Gasteiger partial charge in [0.15, 0.2) is 6.29 Å². The molecule has 0 aliphatic heterocycles. The highest BCUT2D eigenvalue weighted by Crippen LogP contribution is 2.19.